The van der Waals surface area contributed by atoms with Gasteiger partial charge in [0.2, 0.25) is 0 Å². The average molecular weight is 361 g/mol. The van der Waals surface area contributed by atoms with Gasteiger partial charge >= 0.3 is 12.0 Å². The van der Waals surface area contributed by atoms with Crippen LogP contribution in [-0.4, -0.2) is 36.6 Å². The molecule has 0 radical (unpaired) electrons. The number of hydrogen-bond donors (Lipinski definition) is 3. The normalized spacial score (nSPS) is 16.2. The first-order valence-corrected chi connectivity index (χ1v) is 9.10. The van der Waals surface area contributed by atoms with Gasteiger partial charge in [-0.2, -0.15) is 0 Å². The van der Waals surface area contributed by atoms with E-state index in [1.54, 1.807) is 0 Å². The minimum atomic E-state index is -0.930. The molecule has 1 aromatic rings. The monoisotopic (exact) mass is 361 g/mol. The third kappa shape index (κ3) is 7.13. The molecule has 0 spiro atoms. The number of carbonyl (C=O) groups is 3. The van der Waals surface area contributed by atoms with Crippen LogP contribution in [0.5, 0.6) is 0 Å². The molecule has 0 saturated heterocycles. The first-order chi connectivity index (χ1) is 12.5. The van der Waals surface area contributed by atoms with Crippen molar-refractivity contribution in [2.45, 2.75) is 57.0 Å². The van der Waals surface area contributed by atoms with Gasteiger partial charge in [0.05, 0.1) is 0 Å². The molecular formula is C19H27N3O4. The van der Waals surface area contributed by atoms with Crippen LogP contribution in [0.25, 0.3) is 0 Å². The fourth-order valence-electron chi connectivity index (χ4n) is 3.15. The fourth-order valence-corrected chi connectivity index (χ4v) is 3.15. The third-order valence-corrected chi connectivity index (χ3v) is 4.45. The van der Waals surface area contributed by atoms with Crippen molar-refractivity contribution < 1.29 is 19.1 Å². The molecule has 1 saturated carbocycles. The SMILES string of the molecule is NC(=O)NC(Cc1ccccc1)C(=O)OCC(=O)NC1CCCCCC1. The molecule has 1 aliphatic carbocycles. The van der Waals surface area contributed by atoms with E-state index in [0.29, 0.717) is 0 Å². The molecule has 3 amide bonds. The summed E-state index contributed by atoms with van der Waals surface area (Å²) in [6, 6.07) is 7.60. The Morgan fingerprint density at radius 1 is 1.08 bits per heavy atom. The lowest BCUT2D eigenvalue weighted by molar-refractivity contribution is -0.150. The van der Waals surface area contributed by atoms with E-state index in [2.05, 4.69) is 10.6 Å². The third-order valence-electron chi connectivity index (χ3n) is 4.45. The Kier molecular flexibility index (Phi) is 7.92. The second kappa shape index (κ2) is 10.4. The minimum Gasteiger partial charge on any atom is -0.454 e. The predicted octanol–water partition coefficient (Wildman–Crippen LogP) is 1.65. The maximum atomic E-state index is 12.3. The number of urea groups is 1. The van der Waals surface area contributed by atoms with Crippen LogP contribution >= 0.6 is 0 Å². The number of rotatable bonds is 7. The zero-order chi connectivity index (χ0) is 18.8. The summed E-state index contributed by atoms with van der Waals surface area (Å²) in [5.41, 5.74) is 5.99. The average Bonchev–Trinajstić information content (AvgIpc) is 2.88. The Morgan fingerprint density at radius 2 is 1.73 bits per heavy atom. The Morgan fingerprint density at radius 3 is 2.35 bits per heavy atom. The van der Waals surface area contributed by atoms with Crippen LogP contribution in [0.2, 0.25) is 0 Å². The van der Waals surface area contributed by atoms with Crippen LogP contribution in [0.3, 0.4) is 0 Å². The lowest BCUT2D eigenvalue weighted by atomic mass is 10.1. The van der Waals surface area contributed by atoms with E-state index in [-0.39, 0.29) is 25.0 Å². The molecule has 0 bridgehead atoms. The summed E-state index contributed by atoms with van der Waals surface area (Å²) in [7, 11) is 0. The minimum absolute atomic E-state index is 0.146. The van der Waals surface area contributed by atoms with Gasteiger partial charge in [-0.1, -0.05) is 56.0 Å². The van der Waals surface area contributed by atoms with Crippen molar-refractivity contribution >= 4 is 17.9 Å². The molecule has 1 aliphatic rings. The Balaban J connectivity index is 1.83. The Labute approximate surface area is 153 Å². The zero-order valence-electron chi connectivity index (χ0n) is 14.9. The molecule has 1 unspecified atom stereocenters. The van der Waals surface area contributed by atoms with Crippen molar-refractivity contribution in [3.05, 3.63) is 35.9 Å². The van der Waals surface area contributed by atoms with E-state index in [1.807, 2.05) is 30.3 Å². The summed E-state index contributed by atoms with van der Waals surface area (Å²) >= 11 is 0. The van der Waals surface area contributed by atoms with Crippen LogP contribution in [0.4, 0.5) is 4.79 Å². The molecule has 7 heteroatoms. The molecule has 4 N–H and O–H groups in total. The highest BCUT2D eigenvalue weighted by Gasteiger charge is 2.23. The van der Waals surface area contributed by atoms with Crippen LogP contribution in [-0.2, 0) is 20.7 Å². The van der Waals surface area contributed by atoms with Gasteiger partial charge in [-0.15, -0.1) is 0 Å². The van der Waals surface area contributed by atoms with Crippen LogP contribution < -0.4 is 16.4 Å². The van der Waals surface area contributed by atoms with Crippen molar-refractivity contribution in [1.82, 2.24) is 10.6 Å². The molecule has 0 aliphatic heterocycles. The number of hydrogen-bond acceptors (Lipinski definition) is 4. The standard InChI is InChI=1S/C19H27N3O4/c20-19(25)22-16(12-14-8-4-3-5-9-14)18(24)26-13-17(23)21-15-10-6-1-2-7-11-15/h3-5,8-9,15-16H,1-2,6-7,10-13H2,(H,21,23)(H3,20,22,25). The molecule has 2 rings (SSSR count). The van der Waals surface area contributed by atoms with Crippen molar-refractivity contribution in [1.29, 1.82) is 0 Å². The molecule has 1 aromatic carbocycles. The first-order valence-electron chi connectivity index (χ1n) is 9.10. The van der Waals surface area contributed by atoms with Gasteiger partial charge in [-0.3, -0.25) is 4.79 Å². The van der Waals surface area contributed by atoms with Crippen LogP contribution in [0.15, 0.2) is 30.3 Å². The largest absolute Gasteiger partial charge is 0.454 e. The molecule has 142 valence electrons. The first kappa shape index (κ1) is 19.8. The second-order valence-electron chi connectivity index (χ2n) is 6.61. The number of nitrogens with two attached hydrogens (primary N) is 1. The molecule has 1 atom stereocenters. The van der Waals surface area contributed by atoms with Gasteiger partial charge in [0, 0.05) is 12.5 Å². The molecular weight excluding hydrogens is 334 g/mol. The number of carbonyl (C=O) groups excluding carboxylic acids is 3. The summed E-state index contributed by atoms with van der Waals surface area (Å²) < 4.78 is 5.09. The topological polar surface area (TPSA) is 111 Å². The van der Waals surface area contributed by atoms with Gasteiger partial charge in [-0.05, 0) is 18.4 Å². The van der Waals surface area contributed by atoms with Crippen LogP contribution in [0.1, 0.15) is 44.1 Å². The highest BCUT2D eigenvalue weighted by Crippen LogP contribution is 2.17. The number of ether oxygens (including phenoxy) is 1. The molecule has 0 aromatic heterocycles. The van der Waals surface area contributed by atoms with E-state index in [1.165, 1.54) is 12.8 Å². The van der Waals surface area contributed by atoms with E-state index < -0.39 is 18.0 Å². The number of benzene rings is 1. The van der Waals surface area contributed by atoms with Crippen molar-refractivity contribution in [2.75, 3.05) is 6.61 Å². The maximum Gasteiger partial charge on any atom is 0.329 e. The summed E-state index contributed by atoms with van der Waals surface area (Å²) in [6.07, 6.45) is 6.76. The quantitative estimate of drug-likeness (QED) is 0.506. The van der Waals surface area contributed by atoms with E-state index in [0.717, 1.165) is 31.2 Å². The van der Waals surface area contributed by atoms with E-state index >= 15 is 0 Å². The fraction of sp³-hybridized carbons (Fsp3) is 0.526. The summed E-state index contributed by atoms with van der Waals surface area (Å²) in [6.45, 7) is -0.360. The highest BCUT2D eigenvalue weighted by molar-refractivity contribution is 5.85. The molecule has 7 nitrogen and oxygen atoms in total. The summed E-state index contributed by atoms with van der Waals surface area (Å²) in [4.78, 5) is 35.5. The van der Waals surface area contributed by atoms with E-state index in [9.17, 15) is 14.4 Å². The Hall–Kier alpha value is -2.57. The lowest BCUT2D eigenvalue weighted by Crippen LogP contribution is -2.46. The molecule has 0 heterocycles. The van der Waals surface area contributed by atoms with Gasteiger partial charge < -0.3 is 21.1 Å². The lowest BCUT2D eigenvalue weighted by Gasteiger charge is -2.18. The van der Waals surface area contributed by atoms with Gasteiger partial charge in [0.25, 0.3) is 5.91 Å². The van der Waals surface area contributed by atoms with Crippen molar-refractivity contribution in [3.63, 3.8) is 0 Å². The van der Waals surface area contributed by atoms with Gasteiger partial charge in [0.15, 0.2) is 6.61 Å². The van der Waals surface area contributed by atoms with Crippen molar-refractivity contribution in [3.8, 4) is 0 Å². The van der Waals surface area contributed by atoms with Gasteiger partial charge in [-0.25, -0.2) is 9.59 Å². The number of esters is 1. The maximum absolute atomic E-state index is 12.3. The highest BCUT2D eigenvalue weighted by atomic mass is 16.5. The number of primary amides is 1. The summed E-state index contributed by atoms with van der Waals surface area (Å²) in [5, 5.41) is 5.29. The number of amides is 3. The predicted molar refractivity (Wildman–Crippen MR) is 97.2 cm³/mol. The zero-order valence-corrected chi connectivity index (χ0v) is 14.9. The second-order valence-corrected chi connectivity index (χ2v) is 6.61. The van der Waals surface area contributed by atoms with Crippen LogP contribution in [0, 0.1) is 0 Å². The molecule has 26 heavy (non-hydrogen) atoms. The smallest absolute Gasteiger partial charge is 0.329 e. The van der Waals surface area contributed by atoms with E-state index in [4.69, 9.17) is 10.5 Å². The van der Waals surface area contributed by atoms with Crippen molar-refractivity contribution in [2.24, 2.45) is 5.73 Å². The molecule has 1 fully saturated rings. The Bertz CT molecular complexity index is 598. The number of nitrogens with one attached hydrogen (secondary N) is 2. The van der Waals surface area contributed by atoms with Gasteiger partial charge in [0.1, 0.15) is 6.04 Å². The summed E-state index contributed by atoms with van der Waals surface area (Å²) in [5.74, 6) is -0.994.